The molecule has 23 heavy (non-hydrogen) atoms. The summed E-state index contributed by atoms with van der Waals surface area (Å²) in [6, 6.07) is 12.1. The topological polar surface area (TPSA) is 20.3 Å². The van der Waals surface area contributed by atoms with E-state index in [0.29, 0.717) is 29.7 Å². The van der Waals surface area contributed by atoms with Crippen LogP contribution in [0.2, 0.25) is 0 Å². The molecule has 2 atom stereocenters. The molecule has 3 aliphatic rings. The van der Waals surface area contributed by atoms with Gasteiger partial charge in [-0.2, -0.15) is 0 Å². The van der Waals surface area contributed by atoms with E-state index in [0.717, 1.165) is 25.8 Å². The molecule has 4 rings (SSSR count). The number of carbonyl (C=O) groups is 1. The number of hydrogen-bond donors (Lipinski definition) is 0. The van der Waals surface area contributed by atoms with Crippen molar-refractivity contribution in [3.05, 3.63) is 35.9 Å². The molecule has 3 fully saturated rings. The van der Waals surface area contributed by atoms with E-state index >= 15 is 0 Å². The van der Waals surface area contributed by atoms with Crippen LogP contribution in [0, 0.1) is 11.8 Å². The van der Waals surface area contributed by atoms with E-state index in [1.54, 1.807) is 0 Å². The molecular formula is C21H29NO. The van der Waals surface area contributed by atoms with Crippen molar-refractivity contribution in [1.82, 2.24) is 4.90 Å². The van der Waals surface area contributed by atoms with E-state index in [1.807, 2.05) is 0 Å². The lowest BCUT2D eigenvalue weighted by Crippen LogP contribution is -2.44. The molecule has 1 aliphatic carbocycles. The highest BCUT2D eigenvalue weighted by Crippen LogP contribution is 2.41. The van der Waals surface area contributed by atoms with Crippen LogP contribution < -0.4 is 0 Å². The maximum atomic E-state index is 12.7. The molecule has 1 aromatic rings. The Morgan fingerprint density at radius 1 is 0.957 bits per heavy atom. The standard InChI is InChI=1S/C21H29NO/c23-21(12-16-6-4-5-7-16)18-13-19-10-11-20(14-18)22(19)15-17-8-2-1-3-9-17/h1-3,8-9,16,18-20H,4-7,10-15H2. The Morgan fingerprint density at radius 3 is 2.26 bits per heavy atom. The lowest BCUT2D eigenvalue weighted by molar-refractivity contribution is -0.126. The average Bonchev–Trinajstić information content (AvgIpc) is 3.14. The van der Waals surface area contributed by atoms with Gasteiger partial charge in [0.1, 0.15) is 5.78 Å². The third kappa shape index (κ3) is 3.38. The molecule has 2 heterocycles. The molecule has 0 N–H and O–H groups in total. The van der Waals surface area contributed by atoms with Crippen LogP contribution in [0.5, 0.6) is 0 Å². The maximum absolute atomic E-state index is 12.7. The molecule has 2 bridgehead atoms. The van der Waals surface area contributed by atoms with Crippen LogP contribution in [-0.4, -0.2) is 22.8 Å². The van der Waals surface area contributed by atoms with Gasteiger partial charge in [-0.25, -0.2) is 0 Å². The number of nitrogens with zero attached hydrogens (tertiary/aromatic N) is 1. The molecule has 2 heteroatoms. The largest absolute Gasteiger partial charge is 0.299 e. The SMILES string of the molecule is O=C(CC1CCCC1)C1CC2CCC(C1)N2Cc1ccccc1. The van der Waals surface area contributed by atoms with Crippen LogP contribution in [0.4, 0.5) is 0 Å². The first-order chi connectivity index (χ1) is 11.3. The minimum atomic E-state index is 0.361. The highest BCUT2D eigenvalue weighted by atomic mass is 16.1. The fourth-order valence-corrected chi connectivity index (χ4v) is 5.26. The lowest BCUT2D eigenvalue weighted by Gasteiger charge is -2.38. The van der Waals surface area contributed by atoms with Crippen molar-refractivity contribution in [2.45, 2.75) is 76.4 Å². The van der Waals surface area contributed by atoms with Crippen LogP contribution >= 0.6 is 0 Å². The average molecular weight is 311 g/mol. The molecule has 0 spiro atoms. The van der Waals surface area contributed by atoms with Gasteiger partial charge in [-0.1, -0.05) is 56.0 Å². The summed E-state index contributed by atoms with van der Waals surface area (Å²) >= 11 is 0. The van der Waals surface area contributed by atoms with Crippen LogP contribution in [0.25, 0.3) is 0 Å². The molecule has 0 amide bonds. The van der Waals surface area contributed by atoms with Gasteiger partial charge in [-0.15, -0.1) is 0 Å². The summed E-state index contributed by atoms with van der Waals surface area (Å²) in [5.74, 6) is 1.66. The van der Waals surface area contributed by atoms with Gasteiger partial charge in [0.05, 0.1) is 0 Å². The second kappa shape index (κ2) is 6.76. The van der Waals surface area contributed by atoms with Crippen molar-refractivity contribution >= 4 is 5.78 Å². The highest BCUT2D eigenvalue weighted by Gasteiger charge is 2.42. The Bertz CT molecular complexity index is 520. The zero-order valence-corrected chi connectivity index (χ0v) is 14.1. The van der Waals surface area contributed by atoms with Crippen molar-refractivity contribution < 1.29 is 4.79 Å². The highest BCUT2D eigenvalue weighted by molar-refractivity contribution is 5.81. The molecule has 124 valence electrons. The minimum absolute atomic E-state index is 0.361. The predicted octanol–water partition coefficient (Wildman–Crippen LogP) is 4.58. The first-order valence-electron chi connectivity index (χ1n) is 9.62. The summed E-state index contributed by atoms with van der Waals surface area (Å²) in [6.07, 6.45) is 11.0. The Kier molecular flexibility index (Phi) is 4.52. The van der Waals surface area contributed by atoms with Crippen molar-refractivity contribution in [2.75, 3.05) is 0 Å². The fraction of sp³-hybridized carbons (Fsp3) is 0.667. The zero-order valence-electron chi connectivity index (χ0n) is 14.1. The molecule has 0 radical (unpaired) electrons. The molecule has 1 saturated carbocycles. The first kappa shape index (κ1) is 15.4. The molecule has 2 unspecified atom stereocenters. The van der Waals surface area contributed by atoms with Gasteiger partial charge in [0.2, 0.25) is 0 Å². The summed E-state index contributed by atoms with van der Waals surface area (Å²) in [6.45, 7) is 1.07. The van der Waals surface area contributed by atoms with Gasteiger partial charge in [-0.3, -0.25) is 9.69 Å². The van der Waals surface area contributed by atoms with Crippen molar-refractivity contribution in [3.63, 3.8) is 0 Å². The van der Waals surface area contributed by atoms with Crippen LogP contribution in [0.1, 0.15) is 63.4 Å². The van der Waals surface area contributed by atoms with Crippen LogP contribution in [-0.2, 0) is 11.3 Å². The number of piperidine rings is 1. The van der Waals surface area contributed by atoms with Gasteiger partial charge >= 0.3 is 0 Å². The molecule has 1 aromatic carbocycles. The van der Waals surface area contributed by atoms with E-state index in [2.05, 4.69) is 35.2 Å². The smallest absolute Gasteiger partial charge is 0.136 e. The monoisotopic (exact) mass is 311 g/mol. The van der Waals surface area contributed by atoms with Gasteiger partial charge in [0, 0.05) is 31.0 Å². The Balaban J connectivity index is 1.36. The van der Waals surface area contributed by atoms with Gasteiger partial charge in [0.25, 0.3) is 0 Å². The summed E-state index contributed by atoms with van der Waals surface area (Å²) in [4.78, 5) is 15.4. The number of Topliss-reactive ketones (excluding diaryl/α,β-unsaturated/α-hetero) is 1. The summed E-state index contributed by atoms with van der Waals surface area (Å²) in [5, 5.41) is 0. The maximum Gasteiger partial charge on any atom is 0.136 e. The summed E-state index contributed by atoms with van der Waals surface area (Å²) in [7, 11) is 0. The van der Waals surface area contributed by atoms with Crippen molar-refractivity contribution in [1.29, 1.82) is 0 Å². The predicted molar refractivity (Wildman–Crippen MR) is 93.1 cm³/mol. The minimum Gasteiger partial charge on any atom is -0.299 e. The Labute approximate surface area is 140 Å². The Hall–Kier alpha value is -1.15. The van der Waals surface area contributed by atoms with Gasteiger partial charge < -0.3 is 0 Å². The lowest BCUT2D eigenvalue weighted by atomic mass is 9.83. The second-order valence-electron chi connectivity index (χ2n) is 8.03. The van der Waals surface area contributed by atoms with Crippen molar-refractivity contribution in [3.8, 4) is 0 Å². The number of rotatable bonds is 5. The third-order valence-electron chi connectivity index (χ3n) is 6.51. The van der Waals surface area contributed by atoms with E-state index in [4.69, 9.17) is 0 Å². The fourth-order valence-electron chi connectivity index (χ4n) is 5.26. The van der Waals surface area contributed by atoms with E-state index in [9.17, 15) is 4.79 Å². The van der Waals surface area contributed by atoms with Crippen molar-refractivity contribution in [2.24, 2.45) is 11.8 Å². The second-order valence-corrected chi connectivity index (χ2v) is 8.03. The van der Waals surface area contributed by atoms with Crippen LogP contribution in [0.3, 0.4) is 0 Å². The summed E-state index contributed by atoms with van der Waals surface area (Å²) in [5.41, 5.74) is 1.42. The molecule has 2 nitrogen and oxygen atoms in total. The number of fused-ring (bicyclic) bond motifs is 2. The first-order valence-corrected chi connectivity index (χ1v) is 9.62. The van der Waals surface area contributed by atoms with E-state index in [-0.39, 0.29) is 0 Å². The molecule has 0 aromatic heterocycles. The molecule has 2 aliphatic heterocycles. The molecule has 2 saturated heterocycles. The quantitative estimate of drug-likeness (QED) is 0.793. The van der Waals surface area contributed by atoms with Gasteiger partial charge in [-0.05, 0) is 37.2 Å². The van der Waals surface area contributed by atoms with Gasteiger partial charge in [0.15, 0.2) is 0 Å². The van der Waals surface area contributed by atoms with E-state index < -0.39 is 0 Å². The number of ketones is 1. The normalized spacial score (nSPS) is 31.6. The van der Waals surface area contributed by atoms with E-state index in [1.165, 1.54) is 44.1 Å². The zero-order chi connectivity index (χ0) is 15.6. The molecular weight excluding hydrogens is 282 g/mol. The Morgan fingerprint density at radius 2 is 1.61 bits per heavy atom. The number of carbonyl (C=O) groups excluding carboxylic acids is 1. The summed E-state index contributed by atoms with van der Waals surface area (Å²) < 4.78 is 0. The third-order valence-corrected chi connectivity index (χ3v) is 6.51. The number of benzene rings is 1. The number of hydrogen-bond acceptors (Lipinski definition) is 2. The van der Waals surface area contributed by atoms with Crippen LogP contribution in [0.15, 0.2) is 30.3 Å².